The molecule has 1 unspecified atom stereocenters. The van der Waals surface area contributed by atoms with E-state index in [0.29, 0.717) is 32.1 Å². The Morgan fingerprint density at radius 3 is 1.67 bits per heavy atom. The zero-order chi connectivity index (χ0) is 65.4. The van der Waals surface area contributed by atoms with Gasteiger partial charge in [0.25, 0.3) is 6.43 Å². The highest BCUT2D eigenvalue weighted by atomic mass is 19.3. The Morgan fingerprint density at radius 1 is 0.767 bits per heavy atom. The molecule has 7 N–H and O–H groups in total. The van der Waals surface area contributed by atoms with Gasteiger partial charge in [-0.05, 0) is 53.3 Å². The number of amides is 3. The van der Waals surface area contributed by atoms with Crippen molar-refractivity contribution in [1.82, 2.24) is 16.0 Å². The molecule has 2 aliphatic rings. The number of halogens is 2. The molecule has 0 saturated carbocycles. The molecule has 4 rings (SSSR count). The van der Waals surface area contributed by atoms with Gasteiger partial charge in [0.05, 0.1) is 76.2 Å². The third-order valence-corrected chi connectivity index (χ3v) is 10.3. The van der Waals surface area contributed by atoms with Crippen LogP contribution in [-0.2, 0) is 94.3 Å². The van der Waals surface area contributed by atoms with Crippen LogP contribution in [0.2, 0.25) is 0 Å². The molecule has 0 bridgehead atoms. The second kappa shape index (κ2) is 48.7. The number of carbonyl (C=O) groups is 11. The fourth-order valence-corrected chi connectivity index (χ4v) is 6.78. The molecule has 2 aromatic rings. The molecule has 30 nitrogen and oxygen atoms in total. The second-order valence-corrected chi connectivity index (χ2v) is 18.8. The average molecular weight is 1230 g/mol. The van der Waals surface area contributed by atoms with Gasteiger partial charge in [0.15, 0.2) is 0 Å². The van der Waals surface area contributed by atoms with E-state index in [4.69, 9.17) is 39.9 Å². The minimum Gasteiger partial charge on any atom is -0.544 e. The standard InChI is InChI=1S/C24H37N5O6.C12H11NO5.C8H12O3.C4H10N4O.C4H6O3.C2H2F2O2/c1-17(2)13-21(28-18(3)30)22(31)14-20(24(33)26-9-11-34-12-10-27-29-25)15-23(32)35-16-19-7-5-4-6-8-19;14-10(6-9-11(15)18-12(16)13-9)17-7-8-4-2-1-3-5-8;1-5(2)3-6-4-7(9)11-8(6)10;5-1-3-9-4-2-7-8-6;1-3(5)7-4(2)6;3-1(4)2(5)6/h4-8,17,20-22,31H,9-16H2,1-3H3,(H,26,33)(H,28,30);1-5,9H,6-7H2,(H,13,16);5-6H,3-4H2,1-2H3;1-5H2;1-2H3;1H,(H,5,6)/t20-,21+,22?;9-;6-;;;/m000.../s1. The first-order chi connectivity index (χ1) is 40.6. The van der Waals surface area contributed by atoms with Gasteiger partial charge < -0.3 is 69.8 Å². The van der Waals surface area contributed by atoms with Gasteiger partial charge in [0, 0.05) is 50.2 Å². The normalized spacial score (nSPS) is 14.5. The highest BCUT2D eigenvalue weighted by Crippen LogP contribution is 2.23. The molecule has 2 aliphatic heterocycles. The predicted molar refractivity (Wildman–Crippen MR) is 294 cm³/mol. The number of cyclic esters (lactones) is 4. The lowest BCUT2D eigenvalue weighted by molar-refractivity contribution is -0.374. The topological polar surface area (TPSA) is 457 Å². The first kappa shape index (κ1) is 79.4. The van der Waals surface area contributed by atoms with E-state index in [9.17, 15) is 61.8 Å². The number of esters is 7. The van der Waals surface area contributed by atoms with Crippen molar-refractivity contribution < 1.29 is 111 Å². The van der Waals surface area contributed by atoms with E-state index in [0.717, 1.165) is 24.1 Å². The van der Waals surface area contributed by atoms with Crippen LogP contribution in [0.1, 0.15) is 98.1 Å². The molecule has 2 fully saturated rings. The number of quaternary nitrogens is 1. The van der Waals surface area contributed by atoms with Crippen molar-refractivity contribution in [3.8, 4) is 0 Å². The van der Waals surface area contributed by atoms with Crippen molar-refractivity contribution in [3.05, 3.63) is 92.7 Å². The zero-order valence-electron chi connectivity index (χ0n) is 49.1. The molecule has 86 heavy (non-hydrogen) atoms. The summed E-state index contributed by atoms with van der Waals surface area (Å²) in [5, 5.41) is 34.0. The number of hydrogen-bond donors (Lipinski definition) is 5. The Bertz CT molecular complexity index is 2490. The number of nitrogens with zero attached hydrogens (tertiary/aromatic N) is 6. The lowest BCUT2D eigenvalue weighted by Crippen LogP contribution is -2.52. The molecule has 3 amide bonds. The second-order valence-electron chi connectivity index (χ2n) is 18.8. The summed E-state index contributed by atoms with van der Waals surface area (Å²) in [5.74, 6) is -7.15. The minimum absolute atomic E-state index is 0.0261. The van der Waals surface area contributed by atoms with Gasteiger partial charge in [-0.15, -0.1) is 0 Å². The van der Waals surface area contributed by atoms with Crippen molar-refractivity contribution in [2.45, 2.75) is 125 Å². The number of nitrogens with one attached hydrogen (secondary N) is 3. The number of carbonyl (C=O) groups excluding carboxylic acids is 11. The maximum Gasteiger partial charge on any atom is 0.415 e. The first-order valence-electron chi connectivity index (χ1n) is 26.7. The van der Waals surface area contributed by atoms with Gasteiger partial charge in [0.1, 0.15) is 25.2 Å². The zero-order valence-corrected chi connectivity index (χ0v) is 49.1. The fourth-order valence-electron chi connectivity index (χ4n) is 6.78. The summed E-state index contributed by atoms with van der Waals surface area (Å²) in [4.78, 5) is 125. The van der Waals surface area contributed by atoms with Gasteiger partial charge in [-0.2, -0.15) is 0 Å². The number of ether oxygens (including phenoxy) is 7. The summed E-state index contributed by atoms with van der Waals surface area (Å²) in [7, 11) is 0. The van der Waals surface area contributed by atoms with Crippen LogP contribution in [0.4, 0.5) is 13.6 Å². The van der Waals surface area contributed by atoms with E-state index in [1.165, 1.54) is 20.8 Å². The van der Waals surface area contributed by atoms with Gasteiger partial charge in [-0.1, -0.05) is 98.6 Å². The quantitative estimate of drug-likeness (QED) is 0.0149. The maximum absolute atomic E-state index is 12.9. The number of rotatable bonds is 29. The molecule has 478 valence electrons. The molecule has 0 radical (unpaired) electrons. The van der Waals surface area contributed by atoms with E-state index in [2.05, 4.69) is 55.9 Å². The van der Waals surface area contributed by atoms with Crippen molar-refractivity contribution in [1.29, 1.82) is 0 Å². The maximum atomic E-state index is 12.9. The molecule has 2 aromatic carbocycles. The SMILES string of the molecule is CC(=O)N[C@H](CC(C)C)C(O)C[C@@H](CC(=O)OCc1ccccc1)C(=O)NCCOCCN=[N+]=[N-].CC(=O)OC(C)=O.CC(C)C[C@H]1CC(=O)OC1=O.O=C(C[C@@H]1NC(=O)OC1=O)OCc1ccccc1.O=C([O-])C(F)F.[N-]=[N+]=NCCOCC[NH3+]. The largest absolute Gasteiger partial charge is 0.544 e. The molecule has 0 aliphatic carbocycles. The molecular formula is C54H78F2N10O20. The van der Waals surface area contributed by atoms with E-state index < -0.39 is 78.3 Å². The van der Waals surface area contributed by atoms with E-state index in [1.807, 2.05) is 88.4 Å². The Kier molecular flexibility index (Phi) is 44.9. The number of alkyl halides is 2. The number of azide groups is 2. The smallest absolute Gasteiger partial charge is 0.415 e. The minimum atomic E-state index is -3.34. The van der Waals surface area contributed by atoms with Gasteiger partial charge >= 0.3 is 47.9 Å². The van der Waals surface area contributed by atoms with Crippen LogP contribution in [0.15, 0.2) is 70.9 Å². The predicted octanol–water partition coefficient (Wildman–Crippen LogP) is 3.01. The Balaban J connectivity index is 0. The molecule has 2 heterocycles. The number of aliphatic hydroxyl groups is 1. The van der Waals surface area contributed by atoms with Crippen LogP contribution < -0.4 is 26.8 Å². The summed E-state index contributed by atoms with van der Waals surface area (Å²) < 4.78 is 54.1. The number of hydrogen-bond acceptors (Lipinski definition) is 22. The highest BCUT2D eigenvalue weighted by molar-refractivity contribution is 5.97. The highest BCUT2D eigenvalue weighted by Gasteiger charge is 2.35. The summed E-state index contributed by atoms with van der Waals surface area (Å²) in [6.45, 7) is 15.0. The molecular weight excluding hydrogens is 1150 g/mol. The molecule has 0 spiro atoms. The number of carboxylic acids is 1. The van der Waals surface area contributed by atoms with Crippen molar-refractivity contribution in [2.75, 3.05) is 52.6 Å². The van der Waals surface area contributed by atoms with Crippen LogP contribution in [0, 0.1) is 23.7 Å². The Hall–Kier alpha value is -8.67. The van der Waals surface area contributed by atoms with Crippen LogP contribution in [0.3, 0.4) is 0 Å². The fraction of sp³-hybridized carbons (Fsp3) is 0.574. The number of alkyl carbamates (subject to hydrolysis) is 1. The molecule has 5 atom stereocenters. The first-order valence-corrected chi connectivity index (χ1v) is 26.7. The number of aliphatic carboxylic acids is 1. The Morgan fingerprint density at radius 2 is 1.28 bits per heavy atom. The van der Waals surface area contributed by atoms with E-state index in [-0.39, 0.29) is 94.9 Å². The molecule has 32 heteroatoms. The lowest BCUT2D eigenvalue weighted by atomic mass is 9.90. The summed E-state index contributed by atoms with van der Waals surface area (Å²) in [6.07, 6.45) is -4.13. The number of benzene rings is 2. The monoisotopic (exact) mass is 1220 g/mol. The number of carboxylic acid groups (broad SMARTS) is 1. The summed E-state index contributed by atoms with van der Waals surface area (Å²) in [6, 6.07) is 16.8. The van der Waals surface area contributed by atoms with Crippen LogP contribution in [0.5, 0.6) is 0 Å². The van der Waals surface area contributed by atoms with Crippen LogP contribution in [-0.4, -0.2) is 148 Å². The third-order valence-electron chi connectivity index (χ3n) is 10.3. The lowest BCUT2D eigenvalue weighted by Gasteiger charge is -2.28. The Labute approximate surface area is 495 Å². The molecule has 2 saturated heterocycles. The van der Waals surface area contributed by atoms with Crippen LogP contribution >= 0.6 is 0 Å². The van der Waals surface area contributed by atoms with Crippen LogP contribution in [0.25, 0.3) is 20.9 Å². The van der Waals surface area contributed by atoms with E-state index >= 15 is 0 Å². The van der Waals surface area contributed by atoms with Crippen molar-refractivity contribution >= 4 is 65.7 Å². The van der Waals surface area contributed by atoms with Crippen molar-refractivity contribution in [2.24, 2.45) is 33.9 Å². The summed E-state index contributed by atoms with van der Waals surface area (Å²) in [5.41, 5.74) is 21.3. The summed E-state index contributed by atoms with van der Waals surface area (Å²) >= 11 is 0. The van der Waals surface area contributed by atoms with Gasteiger partial charge in [0.2, 0.25) is 11.8 Å². The number of aliphatic hydroxyl groups excluding tert-OH is 1. The van der Waals surface area contributed by atoms with Crippen molar-refractivity contribution in [3.63, 3.8) is 0 Å². The van der Waals surface area contributed by atoms with Gasteiger partial charge in [-0.3, -0.25) is 38.4 Å². The third kappa shape index (κ3) is 44.9. The van der Waals surface area contributed by atoms with Gasteiger partial charge in [-0.25, -0.2) is 18.4 Å². The molecule has 0 aromatic heterocycles. The average Bonchev–Trinajstić information content (AvgIpc) is 4.07. The van der Waals surface area contributed by atoms with E-state index in [1.54, 1.807) is 0 Å².